The van der Waals surface area contributed by atoms with Crippen molar-refractivity contribution in [3.8, 4) is 44.5 Å². The topological polar surface area (TPSA) is 32.8 Å². The Balaban J connectivity index is 1.00. The third-order valence-corrected chi connectivity index (χ3v) is 16.3. The minimum absolute atomic E-state index is 0.853. The highest BCUT2D eigenvalue weighted by Gasteiger charge is 2.52. The molecule has 360 valence electrons. The van der Waals surface area contributed by atoms with Crippen LogP contribution in [0.3, 0.4) is 0 Å². The first-order valence-electron chi connectivity index (χ1n) is 26.4. The Hall–Kier alpha value is -10.2. The molecule has 16 rings (SSSR count). The zero-order valence-electron chi connectivity index (χ0n) is 41.8. The van der Waals surface area contributed by atoms with E-state index in [-0.39, 0.29) is 0 Å². The zero-order chi connectivity index (χ0) is 50.6. The van der Waals surface area contributed by atoms with Crippen molar-refractivity contribution >= 4 is 78.0 Å². The summed E-state index contributed by atoms with van der Waals surface area (Å²) < 4.78 is 13.6. The van der Waals surface area contributed by atoms with Crippen molar-refractivity contribution in [3.63, 3.8) is 0 Å². The van der Waals surface area contributed by atoms with Gasteiger partial charge in [-0.3, -0.25) is 0 Å². The quantitative estimate of drug-likeness (QED) is 0.166. The standard InChI is InChI=1S/C73H46N2O2/c1-3-17-47(18-4-1)49-33-39-53(40-34-49)74-65-29-11-9-27-61(65)73(63-45-51(37-43-67(63)74)55-23-15-25-59-57-21-7-13-31-69(57)76-71(55)59)62-28-10-12-30-66(62)75(54-41-35-50(36-42-54)48-19-5-2-6-20-48)68-44-38-52(46-64(68)73)56-24-16-26-60-58-22-8-14-32-70(58)77-72(56)60/h1-46H. The molecule has 2 aliphatic rings. The van der Waals surface area contributed by atoms with Crippen LogP contribution in [0.4, 0.5) is 34.1 Å². The number of rotatable bonds is 6. The molecular weight excluding hydrogens is 937 g/mol. The van der Waals surface area contributed by atoms with Gasteiger partial charge < -0.3 is 18.6 Å². The van der Waals surface area contributed by atoms with Gasteiger partial charge in [-0.15, -0.1) is 0 Å². The molecule has 77 heavy (non-hydrogen) atoms. The Bertz CT molecular complexity index is 4330. The molecule has 0 saturated carbocycles. The Labute approximate surface area is 445 Å². The van der Waals surface area contributed by atoms with Gasteiger partial charge in [0.2, 0.25) is 0 Å². The summed E-state index contributed by atoms with van der Waals surface area (Å²) in [5.74, 6) is 0. The number of para-hydroxylation sites is 6. The Morgan fingerprint density at radius 3 is 1.05 bits per heavy atom. The molecule has 1 spiro atoms. The van der Waals surface area contributed by atoms with Crippen LogP contribution in [-0.2, 0) is 5.41 Å². The molecule has 0 bridgehead atoms. The lowest BCUT2D eigenvalue weighted by Gasteiger charge is -2.51. The van der Waals surface area contributed by atoms with Gasteiger partial charge in [-0.1, -0.05) is 206 Å². The van der Waals surface area contributed by atoms with Crippen LogP contribution in [-0.4, -0.2) is 0 Å². The van der Waals surface area contributed by atoms with Crippen LogP contribution in [0.2, 0.25) is 0 Å². The van der Waals surface area contributed by atoms with Crippen molar-refractivity contribution in [2.45, 2.75) is 5.41 Å². The maximum absolute atomic E-state index is 6.82. The van der Waals surface area contributed by atoms with E-state index in [4.69, 9.17) is 8.83 Å². The Kier molecular flexibility index (Phi) is 9.52. The first-order valence-corrected chi connectivity index (χ1v) is 26.4. The fraction of sp³-hybridized carbons (Fsp3) is 0.0137. The number of fused-ring (bicyclic) bond motifs is 14. The van der Waals surface area contributed by atoms with E-state index in [9.17, 15) is 0 Å². The molecule has 0 radical (unpaired) electrons. The predicted molar refractivity (Wildman–Crippen MR) is 318 cm³/mol. The normalized spacial score (nSPS) is 13.2. The van der Waals surface area contributed by atoms with Gasteiger partial charge in [0.1, 0.15) is 22.3 Å². The maximum atomic E-state index is 6.82. The molecule has 0 amide bonds. The lowest BCUT2D eigenvalue weighted by molar-refractivity contribution is 0.669. The minimum atomic E-state index is -0.853. The monoisotopic (exact) mass is 982 g/mol. The minimum Gasteiger partial charge on any atom is -0.455 e. The van der Waals surface area contributed by atoms with Crippen LogP contribution in [0.15, 0.2) is 288 Å². The van der Waals surface area contributed by atoms with Gasteiger partial charge >= 0.3 is 0 Å². The number of hydrogen-bond acceptors (Lipinski definition) is 4. The van der Waals surface area contributed by atoms with E-state index < -0.39 is 5.41 Å². The van der Waals surface area contributed by atoms with Gasteiger partial charge in [0.05, 0.1) is 28.2 Å². The van der Waals surface area contributed by atoms with E-state index in [0.29, 0.717) is 0 Å². The van der Waals surface area contributed by atoms with E-state index in [0.717, 1.165) is 100 Å². The number of hydrogen-bond donors (Lipinski definition) is 0. The van der Waals surface area contributed by atoms with Gasteiger partial charge in [0.15, 0.2) is 0 Å². The first-order chi connectivity index (χ1) is 38.2. The summed E-state index contributed by atoms with van der Waals surface area (Å²) in [7, 11) is 0. The summed E-state index contributed by atoms with van der Waals surface area (Å²) in [6.07, 6.45) is 0. The molecule has 14 aromatic rings. The molecule has 0 atom stereocenters. The molecule has 0 fully saturated rings. The highest BCUT2D eigenvalue weighted by molar-refractivity contribution is 6.11. The second-order valence-corrected chi connectivity index (χ2v) is 20.3. The van der Waals surface area contributed by atoms with Crippen molar-refractivity contribution in [2.24, 2.45) is 0 Å². The Morgan fingerprint density at radius 2 is 0.597 bits per heavy atom. The largest absolute Gasteiger partial charge is 0.455 e. The van der Waals surface area contributed by atoms with Crippen LogP contribution < -0.4 is 9.80 Å². The highest BCUT2D eigenvalue weighted by Crippen LogP contribution is 2.65. The summed E-state index contributed by atoms with van der Waals surface area (Å²) >= 11 is 0. The fourth-order valence-electron chi connectivity index (χ4n) is 12.9. The molecule has 12 aromatic carbocycles. The van der Waals surface area contributed by atoms with E-state index in [1.54, 1.807) is 0 Å². The third kappa shape index (κ3) is 6.46. The van der Waals surface area contributed by atoms with Gasteiger partial charge in [0, 0.05) is 44.0 Å². The van der Waals surface area contributed by atoms with Gasteiger partial charge in [0.25, 0.3) is 0 Å². The van der Waals surface area contributed by atoms with Gasteiger partial charge in [-0.05, 0) is 128 Å². The summed E-state index contributed by atoms with van der Waals surface area (Å²) in [6.45, 7) is 0. The molecule has 4 nitrogen and oxygen atoms in total. The van der Waals surface area contributed by atoms with E-state index in [1.807, 2.05) is 12.1 Å². The molecular formula is C73H46N2O2. The van der Waals surface area contributed by atoms with Gasteiger partial charge in [-0.2, -0.15) is 0 Å². The van der Waals surface area contributed by atoms with Gasteiger partial charge in [-0.25, -0.2) is 0 Å². The number of benzene rings is 12. The molecule has 4 heteroatoms. The van der Waals surface area contributed by atoms with Crippen LogP contribution in [0.1, 0.15) is 22.3 Å². The fourth-order valence-corrected chi connectivity index (χ4v) is 12.9. The zero-order valence-corrected chi connectivity index (χ0v) is 41.8. The summed E-state index contributed by atoms with van der Waals surface area (Å²) in [4.78, 5) is 4.96. The van der Waals surface area contributed by atoms with Crippen molar-refractivity contribution < 1.29 is 8.83 Å². The third-order valence-electron chi connectivity index (χ3n) is 16.3. The van der Waals surface area contributed by atoms with Crippen LogP contribution in [0.25, 0.3) is 88.4 Å². The second kappa shape index (κ2) is 16.9. The first kappa shape index (κ1) is 43.3. The molecule has 0 N–H and O–H groups in total. The van der Waals surface area contributed by atoms with E-state index in [2.05, 4.69) is 277 Å². The van der Waals surface area contributed by atoms with Crippen LogP contribution in [0.5, 0.6) is 0 Å². The smallest absolute Gasteiger partial charge is 0.143 e. The van der Waals surface area contributed by atoms with Crippen LogP contribution >= 0.6 is 0 Å². The Morgan fingerprint density at radius 1 is 0.247 bits per heavy atom. The molecule has 2 aromatic heterocycles. The maximum Gasteiger partial charge on any atom is 0.143 e. The van der Waals surface area contributed by atoms with Crippen LogP contribution in [0, 0.1) is 0 Å². The lowest BCUT2D eigenvalue weighted by atomic mass is 9.59. The summed E-state index contributed by atoms with van der Waals surface area (Å²) in [5.41, 5.74) is 22.9. The number of furan rings is 2. The summed E-state index contributed by atoms with van der Waals surface area (Å²) in [5, 5.41) is 4.42. The predicted octanol–water partition coefficient (Wildman–Crippen LogP) is 20.1. The molecule has 4 heterocycles. The summed E-state index contributed by atoms with van der Waals surface area (Å²) in [6, 6.07) is 102. The second-order valence-electron chi connectivity index (χ2n) is 20.3. The van der Waals surface area contributed by atoms with Crippen molar-refractivity contribution in [1.82, 2.24) is 0 Å². The SMILES string of the molecule is c1ccc(-c2ccc(N3c4ccccc4C4(c5ccccc5N(c5ccc(-c6ccccc6)cc5)c5ccc(-c6cccc7c6oc6ccccc67)cc54)c4cc(-c5cccc6c5oc5ccccc56)ccc43)cc2)cc1. The van der Waals surface area contributed by atoms with E-state index in [1.165, 1.54) is 44.5 Å². The van der Waals surface area contributed by atoms with E-state index >= 15 is 0 Å². The molecule has 0 saturated heterocycles. The van der Waals surface area contributed by atoms with Crippen molar-refractivity contribution in [3.05, 3.63) is 301 Å². The van der Waals surface area contributed by atoms with Crippen molar-refractivity contribution in [1.29, 1.82) is 0 Å². The average molecular weight is 983 g/mol. The number of anilines is 6. The number of nitrogens with zero attached hydrogens (tertiary/aromatic N) is 2. The highest BCUT2D eigenvalue weighted by atomic mass is 16.3. The lowest BCUT2D eigenvalue weighted by Crippen LogP contribution is -2.42. The average Bonchev–Trinajstić information content (AvgIpc) is 4.23. The molecule has 0 aliphatic carbocycles. The molecule has 0 unspecified atom stereocenters. The van der Waals surface area contributed by atoms with Crippen molar-refractivity contribution in [2.75, 3.05) is 9.80 Å². The molecule has 2 aliphatic heterocycles.